The summed E-state index contributed by atoms with van der Waals surface area (Å²) in [6.07, 6.45) is 0. The molecule has 1 aromatic carbocycles. The molecule has 4 nitrogen and oxygen atoms in total. The second-order valence-electron chi connectivity index (χ2n) is 3.50. The number of halogens is 1. The summed E-state index contributed by atoms with van der Waals surface area (Å²) in [5.41, 5.74) is 0. The molecular weight excluding hydrogens is 285 g/mol. The quantitative estimate of drug-likeness (QED) is 0.602. The fourth-order valence-corrected chi connectivity index (χ4v) is 2.57. The molecule has 0 unspecified atom stereocenters. The maximum absolute atomic E-state index is 13.0. The van der Waals surface area contributed by atoms with E-state index in [0.717, 1.165) is 4.90 Å². The summed E-state index contributed by atoms with van der Waals surface area (Å²) < 4.78 is 18.0. The Balaban J connectivity index is 1.85. The minimum Gasteiger partial charge on any atom is -0.338 e. The standard InChI is InChI=1S/C12H10FN3OS2/c13-9-2-1-3-10(6-9)19-7-11-15-12(17-16-11)8-18-5-4-14/h1-3,6H,5,7-8H2. The zero-order valence-corrected chi connectivity index (χ0v) is 11.5. The molecule has 0 bridgehead atoms. The Bertz CT molecular complexity index is 582. The van der Waals surface area contributed by atoms with E-state index in [9.17, 15) is 4.39 Å². The van der Waals surface area contributed by atoms with Gasteiger partial charge in [-0.25, -0.2) is 4.39 Å². The van der Waals surface area contributed by atoms with Crippen molar-refractivity contribution in [1.29, 1.82) is 5.26 Å². The maximum Gasteiger partial charge on any atom is 0.236 e. The van der Waals surface area contributed by atoms with Gasteiger partial charge < -0.3 is 4.52 Å². The molecule has 0 N–H and O–H groups in total. The molecular formula is C12H10FN3OS2. The van der Waals surface area contributed by atoms with Crippen molar-refractivity contribution in [2.45, 2.75) is 16.4 Å². The summed E-state index contributed by atoms with van der Waals surface area (Å²) in [7, 11) is 0. The molecule has 7 heteroatoms. The van der Waals surface area contributed by atoms with Gasteiger partial charge >= 0.3 is 0 Å². The number of nitriles is 1. The molecule has 0 aliphatic heterocycles. The van der Waals surface area contributed by atoms with Crippen molar-refractivity contribution in [1.82, 2.24) is 10.1 Å². The van der Waals surface area contributed by atoms with Gasteiger partial charge in [0.25, 0.3) is 0 Å². The average Bonchev–Trinajstić information content (AvgIpc) is 2.85. The van der Waals surface area contributed by atoms with E-state index in [1.165, 1.54) is 35.7 Å². The largest absolute Gasteiger partial charge is 0.338 e. The highest BCUT2D eigenvalue weighted by Gasteiger charge is 2.07. The van der Waals surface area contributed by atoms with Crippen molar-refractivity contribution in [3.05, 3.63) is 41.8 Å². The van der Waals surface area contributed by atoms with Gasteiger partial charge in [-0.2, -0.15) is 10.2 Å². The van der Waals surface area contributed by atoms with Crippen molar-refractivity contribution in [3.8, 4) is 6.07 Å². The lowest BCUT2D eigenvalue weighted by molar-refractivity contribution is 0.386. The van der Waals surface area contributed by atoms with E-state index >= 15 is 0 Å². The predicted molar refractivity (Wildman–Crippen MR) is 72.0 cm³/mol. The Morgan fingerprint density at radius 2 is 2.26 bits per heavy atom. The van der Waals surface area contributed by atoms with E-state index in [1.807, 2.05) is 12.1 Å². The smallest absolute Gasteiger partial charge is 0.236 e. The third-order valence-electron chi connectivity index (χ3n) is 2.07. The lowest BCUT2D eigenvalue weighted by atomic mass is 10.4. The molecule has 1 heterocycles. The van der Waals surface area contributed by atoms with Crippen molar-refractivity contribution < 1.29 is 8.91 Å². The van der Waals surface area contributed by atoms with Gasteiger partial charge in [0.1, 0.15) is 5.82 Å². The van der Waals surface area contributed by atoms with E-state index < -0.39 is 0 Å². The lowest BCUT2D eigenvalue weighted by Gasteiger charge is -1.97. The first-order valence-electron chi connectivity index (χ1n) is 5.42. The summed E-state index contributed by atoms with van der Waals surface area (Å²) >= 11 is 2.87. The molecule has 0 saturated heterocycles. The van der Waals surface area contributed by atoms with Crippen LogP contribution in [0.4, 0.5) is 4.39 Å². The summed E-state index contributed by atoms with van der Waals surface area (Å²) in [4.78, 5) is 5.02. The molecule has 0 spiro atoms. The van der Waals surface area contributed by atoms with Crippen LogP contribution in [0.25, 0.3) is 0 Å². The Kier molecular flexibility index (Phi) is 5.24. The fraction of sp³-hybridized carbons (Fsp3) is 0.250. The molecule has 1 aromatic heterocycles. The van der Waals surface area contributed by atoms with Crippen molar-refractivity contribution in [2.75, 3.05) is 5.75 Å². The second-order valence-corrected chi connectivity index (χ2v) is 5.54. The first kappa shape index (κ1) is 13.9. The second kappa shape index (κ2) is 7.16. The van der Waals surface area contributed by atoms with Crippen LogP contribution in [0.5, 0.6) is 0 Å². The molecule has 0 aliphatic carbocycles. The van der Waals surface area contributed by atoms with Crippen LogP contribution in [-0.4, -0.2) is 15.9 Å². The molecule has 0 aliphatic rings. The molecule has 2 aromatic rings. The van der Waals surface area contributed by atoms with Crippen LogP contribution in [0, 0.1) is 17.1 Å². The highest BCUT2D eigenvalue weighted by atomic mass is 32.2. The molecule has 0 atom stereocenters. The molecule has 2 rings (SSSR count). The van der Waals surface area contributed by atoms with Gasteiger partial charge in [0.05, 0.1) is 23.3 Å². The van der Waals surface area contributed by atoms with E-state index in [2.05, 4.69) is 10.1 Å². The topological polar surface area (TPSA) is 62.7 Å². The predicted octanol–water partition coefficient (Wildman–Crippen LogP) is 3.26. The number of benzene rings is 1. The van der Waals surface area contributed by atoms with Crippen LogP contribution in [0.1, 0.15) is 11.7 Å². The summed E-state index contributed by atoms with van der Waals surface area (Å²) in [5.74, 6) is 2.28. The number of nitrogens with zero attached hydrogens (tertiary/aromatic N) is 3. The zero-order valence-electron chi connectivity index (χ0n) is 9.88. The number of hydrogen-bond donors (Lipinski definition) is 0. The van der Waals surface area contributed by atoms with Crippen LogP contribution in [0.15, 0.2) is 33.7 Å². The summed E-state index contributed by atoms with van der Waals surface area (Å²) in [6.45, 7) is 0. The Hall–Kier alpha value is -1.52. The summed E-state index contributed by atoms with van der Waals surface area (Å²) in [5, 5.41) is 12.2. The third-order valence-corrected chi connectivity index (χ3v) is 3.84. The van der Waals surface area contributed by atoms with Gasteiger partial charge in [-0.3, -0.25) is 0 Å². The van der Waals surface area contributed by atoms with Crippen LogP contribution >= 0.6 is 23.5 Å². The summed E-state index contributed by atoms with van der Waals surface area (Å²) in [6, 6.07) is 8.40. The molecule has 0 saturated carbocycles. The van der Waals surface area contributed by atoms with Gasteiger partial charge in [-0.1, -0.05) is 11.2 Å². The average molecular weight is 295 g/mol. The minimum atomic E-state index is -0.258. The normalized spacial score (nSPS) is 10.3. The van der Waals surface area contributed by atoms with Crippen LogP contribution in [0.3, 0.4) is 0 Å². The number of hydrogen-bond acceptors (Lipinski definition) is 6. The van der Waals surface area contributed by atoms with Gasteiger partial charge in [0, 0.05) is 4.90 Å². The highest BCUT2D eigenvalue weighted by Crippen LogP contribution is 2.22. The van der Waals surface area contributed by atoms with Crippen molar-refractivity contribution in [2.24, 2.45) is 0 Å². The fourth-order valence-electron chi connectivity index (χ4n) is 1.30. The maximum atomic E-state index is 13.0. The first-order chi connectivity index (χ1) is 9.28. The Labute approximate surface area is 118 Å². The van der Waals surface area contributed by atoms with Crippen molar-refractivity contribution in [3.63, 3.8) is 0 Å². The SMILES string of the molecule is N#CCSCc1nc(CSc2cccc(F)c2)no1. The van der Waals surface area contributed by atoms with Gasteiger partial charge in [-0.15, -0.1) is 23.5 Å². The third kappa shape index (κ3) is 4.58. The van der Waals surface area contributed by atoms with Crippen LogP contribution in [-0.2, 0) is 11.5 Å². The van der Waals surface area contributed by atoms with Gasteiger partial charge in [-0.05, 0) is 18.2 Å². The number of rotatable bonds is 6. The first-order valence-corrected chi connectivity index (χ1v) is 7.56. The Morgan fingerprint density at radius 1 is 1.37 bits per heavy atom. The monoisotopic (exact) mass is 295 g/mol. The lowest BCUT2D eigenvalue weighted by Crippen LogP contribution is -1.86. The zero-order chi connectivity index (χ0) is 13.5. The molecule has 0 amide bonds. The Morgan fingerprint density at radius 3 is 3.05 bits per heavy atom. The number of thioether (sulfide) groups is 2. The van der Waals surface area contributed by atoms with Crippen LogP contribution < -0.4 is 0 Å². The molecule has 0 fully saturated rings. The van der Waals surface area contributed by atoms with E-state index in [-0.39, 0.29) is 5.82 Å². The highest BCUT2D eigenvalue weighted by molar-refractivity contribution is 7.98. The van der Waals surface area contributed by atoms with E-state index in [1.54, 1.807) is 6.07 Å². The van der Waals surface area contributed by atoms with Crippen molar-refractivity contribution >= 4 is 23.5 Å². The van der Waals surface area contributed by atoms with E-state index in [4.69, 9.17) is 9.78 Å². The van der Waals surface area contributed by atoms with Crippen LogP contribution in [0.2, 0.25) is 0 Å². The molecule has 19 heavy (non-hydrogen) atoms. The van der Waals surface area contributed by atoms with Gasteiger partial charge in [0.2, 0.25) is 5.89 Å². The molecule has 0 radical (unpaired) electrons. The minimum absolute atomic E-state index is 0.258. The molecule has 98 valence electrons. The number of aromatic nitrogens is 2. The van der Waals surface area contributed by atoms with Gasteiger partial charge in [0.15, 0.2) is 5.82 Å². The van der Waals surface area contributed by atoms with E-state index in [0.29, 0.717) is 29.0 Å².